The van der Waals surface area contributed by atoms with E-state index in [0.717, 1.165) is 5.56 Å². The Labute approximate surface area is 125 Å². The molecule has 2 atom stereocenters. The molecule has 0 amide bonds. The van der Waals surface area contributed by atoms with Gasteiger partial charge in [-0.05, 0) is 25.8 Å². The van der Waals surface area contributed by atoms with E-state index in [9.17, 15) is 9.59 Å². The van der Waals surface area contributed by atoms with Gasteiger partial charge in [0.1, 0.15) is 0 Å². The van der Waals surface area contributed by atoms with E-state index in [1.54, 1.807) is 13.8 Å². The third-order valence-corrected chi connectivity index (χ3v) is 3.22. The lowest BCUT2D eigenvalue weighted by Crippen LogP contribution is -2.38. The zero-order chi connectivity index (χ0) is 15.7. The minimum atomic E-state index is -0.691. The van der Waals surface area contributed by atoms with Gasteiger partial charge in [-0.2, -0.15) is 0 Å². The van der Waals surface area contributed by atoms with Crippen LogP contribution in [0.3, 0.4) is 0 Å². The molecule has 0 heterocycles. The molecule has 0 aliphatic heterocycles. The van der Waals surface area contributed by atoms with Crippen molar-refractivity contribution in [3.8, 4) is 0 Å². The summed E-state index contributed by atoms with van der Waals surface area (Å²) in [6, 6.07) is 9.49. The Kier molecular flexibility index (Phi) is 7.46. The van der Waals surface area contributed by atoms with Crippen molar-refractivity contribution < 1.29 is 19.1 Å². The lowest BCUT2D eigenvalue weighted by atomic mass is 9.86. The largest absolute Gasteiger partial charge is 0.466 e. The maximum Gasteiger partial charge on any atom is 0.311 e. The smallest absolute Gasteiger partial charge is 0.311 e. The lowest BCUT2D eigenvalue weighted by Gasteiger charge is -2.23. The summed E-state index contributed by atoms with van der Waals surface area (Å²) >= 11 is 0. The second-order valence-electron chi connectivity index (χ2n) is 4.64. The first-order valence-corrected chi connectivity index (χ1v) is 7.21. The van der Waals surface area contributed by atoms with E-state index in [2.05, 4.69) is 0 Å². The van der Waals surface area contributed by atoms with E-state index in [-0.39, 0.29) is 19.8 Å². The SMILES string of the molecule is CCOC(=O)C(CN)C(Cc1ccccc1)C(=O)OCC. The summed E-state index contributed by atoms with van der Waals surface area (Å²) in [6.45, 7) is 4.04. The number of ether oxygens (including phenoxy) is 2. The Morgan fingerprint density at radius 1 is 1.00 bits per heavy atom. The van der Waals surface area contributed by atoms with Gasteiger partial charge in [-0.25, -0.2) is 0 Å². The summed E-state index contributed by atoms with van der Waals surface area (Å²) in [5, 5.41) is 0. The van der Waals surface area contributed by atoms with Crippen LogP contribution in [0, 0.1) is 11.8 Å². The van der Waals surface area contributed by atoms with Crippen molar-refractivity contribution in [1.82, 2.24) is 0 Å². The summed E-state index contributed by atoms with van der Waals surface area (Å²) < 4.78 is 10.1. The van der Waals surface area contributed by atoms with Crippen LogP contribution in [0.2, 0.25) is 0 Å². The number of hydrogen-bond donors (Lipinski definition) is 1. The van der Waals surface area contributed by atoms with Crippen LogP contribution in [-0.2, 0) is 25.5 Å². The molecule has 1 aromatic rings. The van der Waals surface area contributed by atoms with E-state index in [1.807, 2.05) is 30.3 Å². The van der Waals surface area contributed by atoms with Crippen molar-refractivity contribution >= 4 is 11.9 Å². The van der Waals surface area contributed by atoms with Crippen LogP contribution in [0.5, 0.6) is 0 Å². The quantitative estimate of drug-likeness (QED) is 0.736. The summed E-state index contributed by atoms with van der Waals surface area (Å²) in [4.78, 5) is 24.2. The first-order valence-electron chi connectivity index (χ1n) is 7.21. The molecule has 0 radical (unpaired) electrons. The number of esters is 2. The molecule has 1 aromatic carbocycles. The van der Waals surface area contributed by atoms with E-state index < -0.39 is 23.8 Å². The molecule has 1 rings (SSSR count). The molecule has 116 valence electrons. The molecule has 5 nitrogen and oxygen atoms in total. The van der Waals surface area contributed by atoms with Crippen molar-refractivity contribution in [3.05, 3.63) is 35.9 Å². The molecular weight excluding hydrogens is 270 g/mol. The number of carbonyl (C=O) groups excluding carboxylic acids is 2. The van der Waals surface area contributed by atoms with Crippen LogP contribution >= 0.6 is 0 Å². The van der Waals surface area contributed by atoms with E-state index in [1.165, 1.54) is 0 Å². The average Bonchev–Trinajstić information content (AvgIpc) is 2.48. The van der Waals surface area contributed by atoms with Gasteiger partial charge >= 0.3 is 11.9 Å². The lowest BCUT2D eigenvalue weighted by molar-refractivity contribution is -0.160. The maximum atomic E-state index is 12.2. The zero-order valence-electron chi connectivity index (χ0n) is 12.6. The normalized spacial score (nSPS) is 13.3. The monoisotopic (exact) mass is 293 g/mol. The average molecular weight is 293 g/mol. The third-order valence-electron chi connectivity index (χ3n) is 3.22. The Hall–Kier alpha value is -1.88. The maximum absolute atomic E-state index is 12.2. The van der Waals surface area contributed by atoms with Crippen molar-refractivity contribution in [2.75, 3.05) is 19.8 Å². The van der Waals surface area contributed by atoms with Crippen LogP contribution in [-0.4, -0.2) is 31.7 Å². The highest BCUT2D eigenvalue weighted by Crippen LogP contribution is 2.20. The summed E-state index contributed by atoms with van der Waals surface area (Å²) in [6.07, 6.45) is 0.403. The summed E-state index contributed by atoms with van der Waals surface area (Å²) in [5.74, 6) is -2.18. The molecule has 0 aromatic heterocycles. The molecule has 21 heavy (non-hydrogen) atoms. The summed E-state index contributed by atoms with van der Waals surface area (Å²) in [7, 11) is 0. The zero-order valence-corrected chi connectivity index (χ0v) is 12.6. The first-order chi connectivity index (χ1) is 10.1. The highest BCUT2D eigenvalue weighted by molar-refractivity contribution is 5.82. The predicted octanol–water partition coefficient (Wildman–Crippen LogP) is 1.55. The molecule has 0 fully saturated rings. The minimum Gasteiger partial charge on any atom is -0.466 e. The predicted molar refractivity (Wildman–Crippen MR) is 79.4 cm³/mol. The van der Waals surface area contributed by atoms with Crippen LogP contribution in [0.25, 0.3) is 0 Å². The second kappa shape index (κ2) is 9.13. The van der Waals surface area contributed by atoms with Gasteiger partial charge in [0.05, 0.1) is 25.0 Å². The molecule has 2 N–H and O–H groups in total. The van der Waals surface area contributed by atoms with Gasteiger partial charge in [0, 0.05) is 6.54 Å². The number of rotatable bonds is 8. The minimum absolute atomic E-state index is 0.0507. The number of carbonyl (C=O) groups is 2. The second-order valence-corrected chi connectivity index (χ2v) is 4.64. The van der Waals surface area contributed by atoms with Gasteiger partial charge in [-0.1, -0.05) is 30.3 Å². The molecule has 0 saturated heterocycles. The van der Waals surface area contributed by atoms with E-state index in [0.29, 0.717) is 6.42 Å². The Bertz CT molecular complexity index is 447. The highest BCUT2D eigenvalue weighted by Gasteiger charge is 2.35. The highest BCUT2D eigenvalue weighted by atomic mass is 16.5. The Morgan fingerprint density at radius 3 is 2.00 bits per heavy atom. The first kappa shape index (κ1) is 17.2. The number of benzene rings is 1. The molecule has 0 saturated carbocycles. The molecule has 5 heteroatoms. The number of hydrogen-bond acceptors (Lipinski definition) is 5. The molecule has 2 unspecified atom stereocenters. The Morgan fingerprint density at radius 2 is 1.52 bits per heavy atom. The van der Waals surface area contributed by atoms with Crippen molar-refractivity contribution in [1.29, 1.82) is 0 Å². The van der Waals surface area contributed by atoms with Crippen LogP contribution in [0.4, 0.5) is 0 Å². The van der Waals surface area contributed by atoms with Gasteiger partial charge in [-0.3, -0.25) is 9.59 Å². The molecule has 0 aliphatic rings. The van der Waals surface area contributed by atoms with E-state index in [4.69, 9.17) is 15.2 Å². The van der Waals surface area contributed by atoms with Gasteiger partial charge in [0.25, 0.3) is 0 Å². The van der Waals surface area contributed by atoms with Crippen molar-refractivity contribution in [2.24, 2.45) is 17.6 Å². The van der Waals surface area contributed by atoms with Gasteiger partial charge in [0.2, 0.25) is 0 Å². The molecule has 0 aliphatic carbocycles. The van der Waals surface area contributed by atoms with Gasteiger partial charge in [0.15, 0.2) is 0 Å². The summed E-state index contributed by atoms with van der Waals surface area (Å²) in [5.41, 5.74) is 6.64. The molecule has 0 bridgehead atoms. The van der Waals surface area contributed by atoms with Crippen LogP contribution < -0.4 is 5.73 Å². The third kappa shape index (κ3) is 5.19. The van der Waals surface area contributed by atoms with Crippen LogP contribution in [0.1, 0.15) is 19.4 Å². The standard InChI is InChI=1S/C16H23NO4/c1-3-20-15(18)13(10-12-8-6-5-7-9-12)14(11-17)16(19)21-4-2/h5-9,13-14H,3-4,10-11,17H2,1-2H3. The number of nitrogens with two attached hydrogens (primary N) is 1. The van der Waals surface area contributed by atoms with Crippen molar-refractivity contribution in [2.45, 2.75) is 20.3 Å². The van der Waals surface area contributed by atoms with Crippen molar-refractivity contribution in [3.63, 3.8) is 0 Å². The molecular formula is C16H23NO4. The fourth-order valence-electron chi connectivity index (χ4n) is 2.18. The topological polar surface area (TPSA) is 78.6 Å². The van der Waals surface area contributed by atoms with Gasteiger partial charge in [-0.15, -0.1) is 0 Å². The molecule has 0 spiro atoms. The Balaban J connectivity index is 2.94. The fourth-order valence-corrected chi connectivity index (χ4v) is 2.18. The fraction of sp³-hybridized carbons (Fsp3) is 0.500. The van der Waals surface area contributed by atoms with Gasteiger partial charge < -0.3 is 15.2 Å². The van der Waals surface area contributed by atoms with Crippen LogP contribution in [0.15, 0.2) is 30.3 Å². The van der Waals surface area contributed by atoms with E-state index >= 15 is 0 Å².